The number of methoxy groups -OCH3 is 1. The van der Waals surface area contributed by atoms with Crippen LogP contribution in [0.25, 0.3) is 0 Å². The quantitative estimate of drug-likeness (QED) is 0.618. The number of hydrogen-bond donors (Lipinski definition) is 2. The lowest BCUT2D eigenvalue weighted by Crippen LogP contribution is -2.50. The standard InChI is InChI=1S/C18H31N5O2S/c1-18(2,3)14-12-26-15(22-14)6-9-20-16(19-4)21-13-7-10-23(11-8-13)17(24)25-5/h12-13H,6-11H2,1-5H3,(H2,19,20,21). The van der Waals surface area contributed by atoms with Gasteiger partial charge in [0, 0.05) is 49.9 Å². The Bertz CT molecular complexity index is 615. The van der Waals surface area contributed by atoms with Crippen LogP contribution >= 0.6 is 11.3 Å². The molecule has 0 saturated carbocycles. The third-order valence-electron chi connectivity index (χ3n) is 4.44. The zero-order valence-electron chi connectivity index (χ0n) is 16.5. The van der Waals surface area contributed by atoms with Crippen molar-refractivity contribution >= 4 is 23.4 Å². The van der Waals surface area contributed by atoms with Crippen molar-refractivity contribution in [2.45, 2.75) is 51.5 Å². The van der Waals surface area contributed by atoms with E-state index in [2.05, 4.69) is 41.8 Å². The number of aromatic nitrogens is 1. The monoisotopic (exact) mass is 381 g/mol. The van der Waals surface area contributed by atoms with E-state index in [-0.39, 0.29) is 11.5 Å². The molecule has 7 nitrogen and oxygen atoms in total. The minimum Gasteiger partial charge on any atom is -0.453 e. The molecule has 0 aliphatic carbocycles. The van der Waals surface area contributed by atoms with Crippen molar-refractivity contribution in [3.63, 3.8) is 0 Å². The molecule has 0 bridgehead atoms. The first-order valence-corrected chi connectivity index (χ1v) is 9.96. The van der Waals surface area contributed by atoms with Crippen LogP contribution in [0.4, 0.5) is 4.79 Å². The second-order valence-electron chi connectivity index (χ2n) is 7.50. The topological polar surface area (TPSA) is 78.9 Å². The Morgan fingerprint density at radius 1 is 1.42 bits per heavy atom. The Kier molecular flexibility index (Phi) is 7.25. The lowest BCUT2D eigenvalue weighted by Gasteiger charge is -2.32. The number of nitrogens with zero attached hydrogens (tertiary/aromatic N) is 3. The number of thiazole rings is 1. The molecule has 1 aromatic heterocycles. The Morgan fingerprint density at radius 3 is 2.65 bits per heavy atom. The molecule has 0 atom stereocenters. The molecule has 2 rings (SSSR count). The molecule has 26 heavy (non-hydrogen) atoms. The van der Waals surface area contributed by atoms with E-state index in [9.17, 15) is 4.79 Å². The van der Waals surface area contributed by atoms with Gasteiger partial charge in [-0.05, 0) is 12.8 Å². The van der Waals surface area contributed by atoms with Gasteiger partial charge < -0.3 is 20.3 Å². The predicted octanol–water partition coefficient (Wildman–Crippen LogP) is 2.38. The smallest absolute Gasteiger partial charge is 0.409 e. The molecule has 1 aromatic rings. The summed E-state index contributed by atoms with van der Waals surface area (Å²) < 4.78 is 4.77. The number of ether oxygens (including phenoxy) is 1. The molecular weight excluding hydrogens is 350 g/mol. The number of amides is 1. The van der Waals surface area contributed by atoms with E-state index < -0.39 is 0 Å². The third-order valence-corrected chi connectivity index (χ3v) is 5.35. The highest BCUT2D eigenvalue weighted by molar-refractivity contribution is 7.09. The van der Waals surface area contributed by atoms with Crippen LogP contribution in [0.2, 0.25) is 0 Å². The minimum absolute atomic E-state index is 0.0961. The highest BCUT2D eigenvalue weighted by Crippen LogP contribution is 2.23. The van der Waals surface area contributed by atoms with E-state index in [1.54, 1.807) is 23.3 Å². The van der Waals surface area contributed by atoms with Gasteiger partial charge in [0.15, 0.2) is 5.96 Å². The predicted molar refractivity (Wildman–Crippen MR) is 106 cm³/mol. The SMILES string of the molecule is CN=C(NCCc1nc(C(C)(C)C)cs1)NC1CCN(C(=O)OC)CC1. The summed E-state index contributed by atoms with van der Waals surface area (Å²) >= 11 is 1.72. The van der Waals surface area contributed by atoms with Crippen LogP contribution in [0.1, 0.15) is 44.3 Å². The van der Waals surface area contributed by atoms with Gasteiger partial charge in [-0.1, -0.05) is 20.8 Å². The number of hydrogen-bond acceptors (Lipinski definition) is 5. The van der Waals surface area contributed by atoms with Crippen molar-refractivity contribution in [1.82, 2.24) is 20.5 Å². The molecular formula is C18H31N5O2S. The highest BCUT2D eigenvalue weighted by Gasteiger charge is 2.23. The molecule has 1 aliphatic rings. The minimum atomic E-state index is -0.246. The van der Waals surface area contributed by atoms with Gasteiger partial charge in [0.1, 0.15) is 0 Å². The molecule has 8 heteroatoms. The Morgan fingerprint density at radius 2 is 2.12 bits per heavy atom. The molecule has 1 amide bonds. The molecule has 1 aliphatic heterocycles. The number of carbonyl (C=O) groups is 1. The van der Waals surface area contributed by atoms with Gasteiger partial charge in [0.25, 0.3) is 0 Å². The van der Waals surface area contributed by atoms with Crippen molar-refractivity contribution in [3.8, 4) is 0 Å². The maximum absolute atomic E-state index is 11.5. The second kappa shape index (κ2) is 9.21. The van der Waals surface area contributed by atoms with Crippen molar-refractivity contribution in [3.05, 3.63) is 16.1 Å². The summed E-state index contributed by atoms with van der Waals surface area (Å²) in [5.41, 5.74) is 1.25. The van der Waals surface area contributed by atoms with Gasteiger partial charge >= 0.3 is 6.09 Å². The fourth-order valence-electron chi connectivity index (χ4n) is 2.78. The average molecular weight is 382 g/mol. The van der Waals surface area contributed by atoms with Crippen LogP contribution in [0.15, 0.2) is 10.4 Å². The van der Waals surface area contributed by atoms with Gasteiger partial charge in [0.2, 0.25) is 0 Å². The van der Waals surface area contributed by atoms with Crippen LogP contribution in [-0.2, 0) is 16.6 Å². The zero-order chi connectivity index (χ0) is 19.2. The van der Waals surface area contributed by atoms with Crippen LogP contribution in [0, 0.1) is 0 Å². The average Bonchev–Trinajstić information content (AvgIpc) is 3.10. The molecule has 1 fully saturated rings. The molecule has 0 radical (unpaired) electrons. The van der Waals surface area contributed by atoms with E-state index in [0.717, 1.165) is 42.5 Å². The van der Waals surface area contributed by atoms with Crippen molar-refractivity contribution in [1.29, 1.82) is 0 Å². The first-order chi connectivity index (χ1) is 12.3. The summed E-state index contributed by atoms with van der Waals surface area (Å²) in [6, 6.07) is 0.314. The Labute approximate surface area is 160 Å². The van der Waals surface area contributed by atoms with Crippen molar-refractivity contribution in [2.75, 3.05) is 33.8 Å². The maximum Gasteiger partial charge on any atom is 0.409 e. The van der Waals surface area contributed by atoms with E-state index in [1.807, 2.05) is 0 Å². The Hall–Kier alpha value is -1.83. The molecule has 0 spiro atoms. The molecule has 0 aromatic carbocycles. The van der Waals surface area contributed by atoms with Gasteiger partial charge in [-0.3, -0.25) is 4.99 Å². The van der Waals surface area contributed by atoms with E-state index in [0.29, 0.717) is 19.1 Å². The second-order valence-corrected chi connectivity index (χ2v) is 8.44. The lowest BCUT2D eigenvalue weighted by atomic mass is 9.93. The van der Waals surface area contributed by atoms with E-state index in [1.165, 1.54) is 7.11 Å². The van der Waals surface area contributed by atoms with Gasteiger partial charge in [-0.25, -0.2) is 9.78 Å². The number of aliphatic imine (C=N–C) groups is 1. The first kappa shape index (κ1) is 20.5. The fraction of sp³-hybridized carbons (Fsp3) is 0.722. The third kappa shape index (κ3) is 5.86. The molecule has 146 valence electrons. The van der Waals surface area contributed by atoms with E-state index in [4.69, 9.17) is 9.72 Å². The van der Waals surface area contributed by atoms with Gasteiger partial charge in [-0.2, -0.15) is 0 Å². The van der Waals surface area contributed by atoms with Gasteiger partial charge in [-0.15, -0.1) is 11.3 Å². The van der Waals surface area contributed by atoms with Gasteiger partial charge in [0.05, 0.1) is 17.8 Å². The number of rotatable bonds is 4. The number of piperidine rings is 1. The summed E-state index contributed by atoms with van der Waals surface area (Å²) in [6.45, 7) is 8.74. The first-order valence-electron chi connectivity index (χ1n) is 9.08. The summed E-state index contributed by atoms with van der Waals surface area (Å²) in [6.07, 6.45) is 2.40. The summed E-state index contributed by atoms with van der Waals surface area (Å²) in [5, 5.41) is 10.1. The van der Waals surface area contributed by atoms with Crippen LogP contribution in [0.3, 0.4) is 0 Å². The van der Waals surface area contributed by atoms with Crippen molar-refractivity contribution < 1.29 is 9.53 Å². The van der Waals surface area contributed by atoms with Crippen LogP contribution in [-0.4, -0.2) is 61.8 Å². The fourth-order valence-corrected chi connectivity index (χ4v) is 3.81. The normalized spacial score (nSPS) is 16.5. The van der Waals surface area contributed by atoms with Crippen LogP contribution in [0.5, 0.6) is 0 Å². The molecule has 2 N–H and O–H groups in total. The van der Waals surface area contributed by atoms with Crippen LogP contribution < -0.4 is 10.6 Å². The summed E-state index contributed by atoms with van der Waals surface area (Å²) in [7, 11) is 3.20. The van der Waals surface area contributed by atoms with Crippen molar-refractivity contribution in [2.24, 2.45) is 4.99 Å². The summed E-state index contributed by atoms with van der Waals surface area (Å²) in [5.74, 6) is 0.800. The number of likely N-dealkylation sites (tertiary alicyclic amines) is 1. The molecule has 0 unspecified atom stereocenters. The lowest BCUT2D eigenvalue weighted by molar-refractivity contribution is 0.111. The number of guanidine groups is 1. The van der Waals surface area contributed by atoms with E-state index >= 15 is 0 Å². The maximum atomic E-state index is 11.5. The number of carbonyl (C=O) groups excluding carboxylic acids is 1. The summed E-state index contributed by atoms with van der Waals surface area (Å²) in [4.78, 5) is 22.3. The Balaban J connectivity index is 1.73. The highest BCUT2D eigenvalue weighted by atomic mass is 32.1. The largest absolute Gasteiger partial charge is 0.453 e. The molecule has 1 saturated heterocycles. The molecule has 2 heterocycles. The zero-order valence-corrected chi connectivity index (χ0v) is 17.3. The number of nitrogens with one attached hydrogen (secondary N) is 2.